The molecule has 2 rings (SSSR count). The van der Waals surface area contributed by atoms with Gasteiger partial charge in [-0.05, 0) is 12.3 Å². The number of methoxy groups -OCH3 is 2. The quantitative estimate of drug-likeness (QED) is 0.686. The first kappa shape index (κ1) is 15.9. The van der Waals surface area contributed by atoms with Crippen molar-refractivity contribution in [2.24, 2.45) is 0 Å². The molecule has 2 aromatic rings. The van der Waals surface area contributed by atoms with E-state index in [1.807, 2.05) is 0 Å². The Bertz CT molecular complexity index is 814. The number of ether oxygens (including phenoxy) is 2. The molecule has 0 aliphatic carbocycles. The number of hydrogen-bond donors (Lipinski definition) is 1. The summed E-state index contributed by atoms with van der Waals surface area (Å²) in [6.07, 6.45) is 1.71. The summed E-state index contributed by atoms with van der Waals surface area (Å²) >= 11 is 1.18. The molecular weight excluding hydrogens is 309 g/mol. The molecule has 0 radical (unpaired) electrons. The number of nitrogens with zero attached hydrogens (tertiary/aromatic N) is 2. The molecule has 0 amide bonds. The molecule has 0 bridgehead atoms. The second-order valence-electron chi connectivity index (χ2n) is 4.10. The van der Waals surface area contributed by atoms with Crippen molar-refractivity contribution in [3.8, 4) is 28.8 Å². The Labute approximate surface area is 129 Å². The second kappa shape index (κ2) is 6.49. The maximum absolute atomic E-state index is 14.3. The highest BCUT2D eigenvalue weighted by atomic mass is 32.2. The highest BCUT2D eigenvalue weighted by Crippen LogP contribution is 2.35. The van der Waals surface area contributed by atoms with Crippen LogP contribution in [0.5, 0.6) is 11.5 Å². The zero-order chi connectivity index (χ0) is 16.3. The number of nitrogens with one attached hydrogen (secondary N) is 1. The smallest absolute Gasteiger partial charge is 0.270 e. The van der Waals surface area contributed by atoms with Crippen LogP contribution < -0.4 is 15.0 Å². The number of rotatable bonds is 4. The lowest BCUT2D eigenvalue weighted by molar-refractivity contribution is 0.352. The Morgan fingerprint density at radius 2 is 1.95 bits per heavy atom. The molecule has 22 heavy (non-hydrogen) atoms. The van der Waals surface area contributed by atoms with Gasteiger partial charge in [-0.3, -0.25) is 4.79 Å². The molecule has 0 unspecified atom stereocenters. The van der Waals surface area contributed by atoms with E-state index in [9.17, 15) is 9.18 Å². The third-order valence-electron chi connectivity index (χ3n) is 2.93. The van der Waals surface area contributed by atoms with Crippen molar-refractivity contribution >= 4 is 11.8 Å². The monoisotopic (exact) mass is 321 g/mol. The summed E-state index contributed by atoms with van der Waals surface area (Å²) in [6.45, 7) is 0. The van der Waals surface area contributed by atoms with Gasteiger partial charge in [0.05, 0.1) is 19.9 Å². The van der Waals surface area contributed by atoms with Crippen molar-refractivity contribution in [1.29, 1.82) is 5.26 Å². The van der Waals surface area contributed by atoms with E-state index in [1.165, 1.54) is 32.0 Å². The molecule has 0 aliphatic heterocycles. The van der Waals surface area contributed by atoms with Gasteiger partial charge >= 0.3 is 0 Å². The molecule has 6 nitrogen and oxygen atoms in total. The molecule has 0 atom stereocenters. The number of nitriles is 1. The highest BCUT2D eigenvalue weighted by Gasteiger charge is 2.19. The molecule has 0 spiro atoms. The number of thioether (sulfide) groups is 1. The lowest BCUT2D eigenvalue weighted by atomic mass is 10.1. The highest BCUT2D eigenvalue weighted by molar-refractivity contribution is 7.98. The van der Waals surface area contributed by atoms with Gasteiger partial charge < -0.3 is 14.5 Å². The third kappa shape index (κ3) is 2.76. The Hall–Kier alpha value is -2.53. The lowest BCUT2D eigenvalue weighted by Gasteiger charge is -2.11. The summed E-state index contributed by atoms with van der Waals surface area (Å²) in [4.78, 5) is 18.5. The molecule has 1 N–H and O–H groups in total. The Morgan fingerprint density at radius 1 is 1.32 bits per heavy atom. The van der Waals surface area contributed by atoms with Crippen LogP contribution >= 0.6 is 11.8 Å². The Kier molecular flexibility index (Phi) is 4.68. The van der Waals surface area contributed by atoms with Crippen LogP contribution in [0.4, 0.5) is 4.39 Å². The first-order chi connectivity index (χ1) is 10.5. The van der Waals surface area contributed by atoms with Crippen molar-refractivity contribution in [3.05, 3.63) is 33.9 Å². The number of aromatic amines is 1. The molecule has 0 fully saturated rings. The van der Waals surface area contributed by atoms with E-state index in [0.29, 0.717) is 0 Å². The van der Waals surface area contributed by atoms with Crippen molar-refractivity contribution < 1.29 is 13.9 Å². The van der Waals surface area contributed by atoms with E-state index in [4.69, 9.17) is 14.7 Å². The SMILES string of the molecule is COc1cc(F)c(-c2nc(SC)[nH]c(=O)c2C#N)cc1OC. The largest absolute Gasteiger partial charge is 0.493 e. The maximum atomic E-state index is 14.3. The van der Waals surface area contributed by atoms with Crippen LogP contribution in [0.1, 0.15) is 5.56 Å². The van der Waals surface area contributed by atoms with Crippen molar-refractivity contribution in [3.63, 3.8) is 0 Å². The van der Waals surface area contributed by atoms with Crippen LogP contribution in [0.25, 0.3) is 11.3 Å². The molecule has 1 aromatic heterocycles. The van der Waals surface area contributed by atoms with E-state index in [1.54, 1.807) is 12.3 Å². The van der Waals surface area contributed by atoms with Crippen LogP contribution in [0.2, 0.25) is 0 Å². The molecule has 1 heterocycles. The fourth-order valence-electron chi connectivity index (χ4n) is 1.88. The van der Waals surface area contributed by atoms with Gasteiger partial charge in [0.2, 0.25) is 0 Å². The minimum absolute atomic E-state index is 0.00407. The van der Waals surface area contributed by atoms with Gasteiger partial charge in [0.15, 0.2) is 16.7 Å². The third-order valence-corrected chi connectivity index (χ3v) is 3.51. The number of H-pyrrole nitrogens is 1. The van der Waals surface area contributed by atoms with Crippen molar-refractivity contribution in [2.45, 2.75) is 5.16 Å². The zero-order valence-electron chi connectivity index (χ0n) is 12.1. The fraction of sp³-hybridized carbons (Fsp3) is 0.214. The zero-order valence-corrected chi connectivity index (χ0v) is 12.9. The first-order valence-electron chi connectivity index (χ1n) is 6.06. The normalized spacial score (nSPS) is 10.1. The molecule has 0 saturated carbocycles. The summed E-state index contributed by atoms with van der Waals surface area (Å²) in [5, 5.41) is 9.43. The van der Waals surface area contributed by atoms with Gasteiger partial charge in [0.25, 0.3) is 5.56 Å². The van der Waals surface area contributed by atoms with E-state index in [2.05, 4.69) is 9.97 Å². The summed E-state index contributed by atoms with van der Waals surface area (Å²) in [6, 6.07) is 4.22. The molecule has 8 heteroatoms. The lowest BCUT2D eigenvalue weighted by Crippen LogP contribution is -2.15. The number of benzene rings is 1. The van der Waals surface area contributed by atoms with Crippen LogP contribution in [0.3, 0.4) is 0 Å². The molecule has 114 valence electrons. The van der Waals surface area contributed by atoms with Crippen LogP contribution in [0, 0.1) is 17.1 Å². The Balaban J connectivity index is 2.79. The van der Waals surface area contributed by atoms with Crippen molar-refractivity contribution in [1.82, 2.24) is 9.97 Å². The van der Waals surface area contributed by atoms with Crippen molar-refractivity contribution in [2.75, 3.05) is 20.5 Å². The van der Waals surface area contributed by atoms with E-state index in [-0.39, 0.29) is 33.5 Å². The van der Waals surface area contributed by atoms with Crippen LogP contribution in [-0.4, -0.2) is 30.4 Å². The number of aromatic nitrogens is 2. The average molecular weight is 321 g/mol. The van der Waals surface area contributed by atoms with E-state index >= 15 is 0 Å². The number of halogens is 1. The standard InChI is InChI=1S/C14H12FN3O3S/c1-20-10-4-7(9(15)5-11(10)21-2)12-8(6-16)13(19)18-14(17-12)22-3/h4-5H,1-3H3,(H,17,18,19). The Morgan fingerprint density at radius 3 is 2.50 bits per heavy atom. The summed E-state index contributed by atoms with van der Waals surface area (Å²) in [7, 11) is 2.79. The summed E-state index contributed by atoms with van der Waals surface area (Å²) < 4.78 is 24.4. The van der Waals surface area contributed by atoms with Gasteiger partial charge in [-0.2, -0.15) is 5.26 Å². The van der Waals surface area contributed by atoms with Gasteiger partial charge in [0.1, 0.15) is 17.4 Å². The van der Waals surface area contributed by atoms with E-state index in [0.717, 1.165) is 6.07 Å². The van der Waals surface area contributed by atoms with E-state index < -0.39 is 11.4 Å². The van der Waals surface area contributed by atoms with Gasteiger partial charge in [0, 0.05) is 11.6 Å². The van der Waals surface area contributed by atoms with Gasteiger partial charge in [-0.1, -0.05) is 11.8 Å². The predicted molar refractivity (Wildman–Crippen MR) is 79.9 cm³/mol. The topological polar surface area (TPSA) is 88.0 Å². The van der Waals surface area contributed by atoms with Crippen LogP contribution in [0.15, 0.2) is 22.1 Å². The average Bonchev–Trinajstić information content (AvgIpc) is 2.53. The molecular formula is C14H12FN3O3S. The first-order valence-corrected chi connectivity index (χ1v) is 7.28. The summed E-state index contributed by atoms with van der Waals surface area (Å²) in [5.41, 5.74) is -0.917. The second-order valence-corrected chi connectivity index (χ2v) is 4.89. The van der Waals surface area contributed by atoms with Crippen LogP contribution in [-0.2, 0) is 0 Å². The minimum atomic E-state index is -0.667. The number of hydrogen-bond acceptors (Lipinski definition) is 6. The minimum Gasteiger partial charge on any atom is -0.493 e. The molecule has 0 aliphatic rings. The summed E-state index contributed by atoms with van der Waals surface area (Å²) in [5.74, 6) is -0.188. The fourth-order valence-corrected chi connectivity index (χ4v) is 2.26. The van der Waals surface area contributed by atoms with Gasteiger partial charge in [-0.25, -0.2) is 9.37 Å². The van der Waals surface area contributed by atoms with Gasteiger partial charge in [-0.15, -0.1) is 0 Å². The molecule has 1 aromatic carbocycles. The maximum Gasteiger partial charge on any atom is 0.270 e. The predicted octanol–water partition coefficient (Wildman–Crippen LogP) is 2.19. The molecule has 0 saturated heterocycles.